The number of benzene rings is 2. The first-order valence-corrected chi connectivity index (χ1v) is 8.17. The van der Waals surface area contributed by atoms with Gasteiger partial charge in [-0.2, -0.15) is 0 Å². The highest BCUT2D eigenvalue weighted by molar-refractivity contribution is 5.66. The monoisotopic (exact) mass is 306 g/mol. The van der Waals surface area contributed by atoms with E-state index in [1.165, 1.54) is 5.56 Å². The number of aryl methyl sites for hydroxylation is 1. The molecule has 3 heteroatoms. The molecule has 0 saturated heterocycles. The fourth-order valence-electron chi connectivity index (χ4n) is 2.89. The van der Waals surface area contributed by atoms with Gasteiger partial charge >= 0.3 is 0 Å². The Balaban J connectivity index is 2.19. The second kappa shape index (κ2) is 6.69. The van der Waals surface area contributed by atoms with E-state index in [1.54, 1.807) is 4.68 Å². The largest absolute Gasteiger partial charge is 0.290 e. The Labute approximate surface area is 136 Å². The number of hydrogen-bond donors (Lipinski definition) is 1. The molecule has 2 aromatic carbocycles. The molecule has 0 amide bonds. The van der Waals surface area contributed by atoms with Crippen molar-refractivity contribution < 1.29 is 0 Å². The summed E-state index contributed by atoms with van der Waals surface area (Å²) in [7, 11) is 0. The molecule has 0 saturated carbocycles. The number of para-hydroxylation sites is 1. The van der Waals surface area contributed by atoms with E-state index in [9.17, 15) is 4.79 Å². The van der Waals surface area contributed by atoms with E-state index in [1.807, 2.05) is 42.5 Å². The zero-order chi connectivity index (χ0) is 16.2. The first kappa shape index (κ1) is 15.3. The van der Waals surface area contributed by atoms with Crippen LogP contribution in [0.25, 0.3) is 16.9 Å². The number of nitrogens with one attached hydrogen (secondary N) is 1. The number of aromatic nitrogens is 2. The molecule has 0 aliphatic rings. The van der Waals surface area contributed by atoms with Gasteiger partial charge in [-0.05, 0) is 37.5 Å². The Bertz CT molecular complexity index is 844. The van der Waals surface area contributed by atoms with E-state index in [0.717, 1.165) is 41.8 Å². The van der Waals surface area contributed by atoms with E-state index in [4.69, 9.17) is 0 Å². The van der Waals surface area contributed by atoms with E-state index in [2.05, 4.69) is 31.1 Å². The van der Waals surface area contributed by atoms with Crippen LogP contribution in [-0.2, 0) is 6.42 Å². The van der Waals surface area contributed by atoms with Gasteiger partial charge in [-0.25, -0.2) is 4.68 Å². The average Bonchev–Trinajstić information content (AvgIpc) is 2.91. The lowest BCUT2D eigenvalue weighted by molar-refractivity contribution is 0.786. The molecule has 0 spiro atoms. The lowest BCUT2D eigenvalue weighted by Crippen LogP contribution is -2.17. The van der Waals surface area contributed by atoms with Gasteiger partial charge in [0, 0.05) is 11.1 Å². The van der Waals surface area contributed by atoms with Crippen molar-refractivity contribution in [1.82, 2.24) is 9.78 Å². The van der Waals surface area contributed by atoms with Crippen LogP contribution in [0.1, 0.15) is 30.9 Å². The molecule has 0 bridgehead atoms. The molecule has 1 N–H and O–H groups in total. The van der Waals surface area contributed by atoms with E-state index < -0.39 is 0 Å². The number of aromatic amines is 1. The van der Waals surface area contributed by atoms with E-state index in [0.29, 0.717) is 0 Å². The summed E-state index contributed by atoms with van der Waals surface area (Å²) in [6, 6.07) is 17.9. The van der Waals surface area contributed by atoms with Gasteiger partial charge < -0.3 is 0 Å². The number of rotatable bonds is 5. The Morgan fingerprint density at radius 3 is 2.39 bits per heavy atom. The number of nitrogens with zero attached hydrogens (tertiary/aromatic N) is 1. The summed E-state index contributed by atoms with van der Waals surface area (Å²) in [4.78, 5) is 12.9. The topological polar surface area (TPSA) is 37.8 Å². The van der Waals surface area contributed by atoms with Gasteiger partial charge in [0.05, 0.1) is 11.4 Å². The van der Waals surface area contributed by atoms with Crippen LogP contribution < -0.4 is 5.56 Å². The van der Waals surface area contributed by atoms with Crippen molar-refractivity contribution in [1.29, 1.82) is 0 Å². The summed E-state index contributed by atoms with van der Waals surface area (Å²) in [6.45, 7) is 4.23. The molecule has 0 atom stereocenters. The van der Waals surface area contributed by atoms with E-state index in [-0.39, 0.29) is 5.56 Å². The van der Waals surface area contributed by atoms with Crippen LogP contribution in [0, 0.1) is 6.92 Å². The molecule has 0 aliphatic heterocycles. The Hall–Kier alpha value is -2.55. The minimum absolute atomic E-state index is 0.0582. The molecule has 0 fully saturated rings. The van der Waals surface area contributed by atoms with E-state index >= 15 is 0 Å². The van der Waals surface area contributed by atoms with Crippen LogP contribution in [-0.4, -0.2) is 9.78 Å². The molecule has 0 unspecified atom stereocenters. The predicted octanol–water partition coefficient (Wildman–Crippen LogP) is 4.48. The van der Waals surface area contributed by atoms with Crippen LogP contribution in [0.3, 0.4) is 0 Å². The van der Waals surface area contributed by atoms with Crippen molar-refractivity contribution in [3.05, 3.63) is 76.1 Å². The van der Waals surface area contributed by atoms with Crippen LogP contribution in [0.4, 0.5) is 0 Å². The van der Waals surface area contributed by atoms with Crippen LogP contribution >= 0.6 is 0 Å². The average molecular weight is 306 g/mol. The summed E-state index contributed by atoms with van der Waals surface area (Å²) in [5.41, 5.74) is 5.03. The molecule has 3 aromatic rings. The van der Waals surface area contributed by atoms with Crippen molar-refractivity contribution >= 4 is 0 Å². The third-order valence-corrected chi connectivity index (χ3v) is 4.20. The number of H-pyrrole nitrogens is 1. The maximum atomic E-state index is 12.9. The second-order valence-corrected chi connectivity index (χ2v) is 5.86. The standard InChI is InChI=1S/C20H22N2O/c1-3-4-13-18-19(17-14-9-8-10-15(17)2)21-22(20(18)23)16-11-6-5-7-12-16/h5-12,14,21H,3-4,13H2,1-2H3. The highest BCUT2D eigenvalue weighted by Gasteiger charge is 2.17. The summed E-state index contributed by atoms with van der Waals surface area (Å²) in [5, 5.41) is 3.34. The minimum atomic E-state index is 0.0582. The Kier molecular flexibility index (Phi) is 4.47. The molecule has 0 aliphatic carbocycles. The van der Waals surface area contributed by atoms with Gasteiger partial charge in [0.15, 0.2) is 0 Å². The van der Waals surface area contributed by atoms with Gasteiger partial charge in [0.25, 0.3) is 5.56 Å². The molecule has 1 heterocycles. The fraction of sp³-hybridized carbons (Fsp3) is 0.250. The van der Waals surface area contributed by atoms with Gasteiger partial charge in [-0.15, -0.1) is 0 Å². The zero-order valence-corrected chi connectivity index (χ0v) is 13.7. The normalized spacial score (nSPS) is 10.9. The summed E-state index contributed by atoms with van der Waals surface area (Å²) < 4.78 is 1.66. The highest BCUT2D eigenvalue weighted by Crippen LogP contribution is 2.25. The van der Waals surface area contributed by atoms with Gasteiger partial charge in [0.2, 0.25) is 0 Å². The maximum Gasteiger partial charge on any atom is 0.275 e. The molecule has 118 valence electrons. The quantitative estimate of drug-likeness (QED) is 0.741. The number of hydrogen-bond acceptors (Lipinski definition) is 1. The Morgan fingerprint density at radius 1 is 1.00 bits per heavy atom. The van der Waals surface area contributed by atoms with Gasteiger partial charge in [0.1, 0.15) is 0 Å². The van der Waals surface area contributed by atoms with Crippen molar-refractivity contribution in [2.24, 2.45) is 0 Å². The second-order valence-electron chi connectivity index (χ2n) is 5.86. The van der Waals surface area contributed by atoms with Crippen molar-refractivity contribution in [3.8, 4) is 16.9 Å². The third kappa shape index (κ3) is 3.00. The molecular weight excluding hydrogens is 284 g/mol. The molecule has 0 radical (unpaired) electrons. The molecular formula is C20H22N2O. The third-order valence-electron chi connectivity index (χ3n) is 4.20. The maximum absolute atomic E-state index is 12.9. The Morgan fingerprint density at radius 2 is 1.70 bits per heavy atom. The summed E-state index contributed by atoms with van der Waals surface area (Å²) >= 11 is 0. The van der Waals surface area contributed by atoms with Crippen LogP contribution in [0.15, 0.2) is 59.4 Å². The van der Waals surface area contributed by atoms with Gasteiger partial charge in [-0.1, -0.05) is 55.8 Å². The lowest BCUT2D eigenvalue weighted by Gasteiger charge is -2.06. The first-order chi connectivity index (χ1) is 11.2. The number of unbranched alkanes of at least 4 members (excludes halogenated alkanes) is 1. The lowest BCUT2D eigenvalue weighted by atomic mass is 10.00. The van der Waals surface area contributed by atoms with Crippen molar-refractivity contribution in [2.75, 3.05) is 0 Å². The van der Waals surface area contributed by atoms with Crippen molar-refractivity contribution in [3.63, 3.8) is 0 Å². The minimum Gasteiger partial charge on any atom is -0.290 e. The van der Waals surface area contributed by atoms with Gasteiger partial charge in [-0.3, -0.25) is 9.89 Å². The molecule has 23 heavy (non-hydrogen) atoms. The molecule has 3 nitrogen and oxygen atoms in total. The molecule has 3 rings (SSSR count). The van der Waals surface area contributed by atoms with Crippen LogP contribution in [0.5, 0.6) is 0 Å². The summed E-state index contributed by atoms with van der Waals surface area (Å²) in [5.74, 6) is 0. The fourth-order valence-corrected chi connectivity index (χ4v) is 2.89. The molecule has 1 aromatic heterocycles. The SMILES string of the molecule is CCCCc1c(-c2ccccc2C)[nH]n(-c2ccccc2)c1=O. The smallest absolute Gasteiger partial charge is 0.275 e. The zero-order valence-electron chi connectivity index (χ0n) is 13.7. The van der Waals surface area contributed by atoms with Crippen molar-refractivity contribution in [2.45, 2.75) is 33.1 Å². The summed E-state index contributed by atoms with van der Waals surface area (Å²) in [6.07, 6.45) is 2.89. The van der Waals surface area contributed by atoms with Crippen LogP contribution in [0.2, 0.25) is 0 Å². The highest BCUT2D eigenvalue weighted by atomic mass is 16.1. The predicted molar refractivity (Wildman–Crippen MR) is 95.2 cm³/mol. The first-order valence-electron chi connectivity index (χ1n) is 8.17.